The molecule has 0 atom stereocenters. The maximum absolute atomic E-state index is 11.8. The first-order valence-corrected chi connectivity index (χ1v) is 6.23. The second-order valence-electron chi connectivity index (χ2n) is 3.37. The van der Waals surface area contributed by atoms with Gasteiger partial charge in [-0.3, -0.25) is 4.79 Å². The van der Waals surface area contributed by atoms with Crippen LogP contribution < -0.4 is 4.72 Å². The molecule has 1 heterocycles. The van der Waals surface area contributed by atoms with Crippen molar-refractivity contribution in [3.8, 4) is 0 Å². The quantitative estimate of drug-likeness (QED) is 0.741. The third-order valence-electron chi connectivity index (χ3n) is 2.74. The summed E-state index contributed by atoms with van der Waals surface area (Å²) in [6.07, 6.45) is 0.968. The molecule has 1 saturated heterocycles. The van der Waals surface area contributed by atoms with Crippen LogP contribution in [0.5, 0.6) is 0 Å². The number of nitrogens with zero attached hydrogens (tertiary/aromatic N) is 1. The van der Waals surface area contributed by atoms with Gasteiger partial charge in [-0.25, -0.2) is 4.31 Å². The molecule has 0 radical (unpaired) electrons. The number of nitrogens with one attached hydrogen (secondary N) is 1. The Bertz CT molecular complexity index is 332. The fourth-order valence-corrected chi connectivity index (χ4v) is 3.42. The van der Waals surface area contributed by atoms with E-state index in [1.807, 2.05) is 13.8 Å². The van der Waals surface area contributed by atoms with Crippen LogP contribution in [0.3, 0.4) is 0 Å². The minimum Gasteiger partial charge on any atom is -0.272 e. The third kappa shape index (κ3) is 1.42. The molecule has 0 saturated carbocycles. The summed E-state index contributed by atoms with van der Waals surface area (Å²) in [6, 6.07) is 0. The Morgan fingerprint density at radius 1 is 1.29 bits per heavy atom. The molecular weight excluding hydrogens is 204 g/mol. The maximum atomic E-state index is 11.8. The molecule has 5 nitrogen and oxygen atoms in total. The number of amides is 1. The van der Waals surface area contributed by atoms with Gasteiger partial charge in [0.15, 0.2) is 0 Å². The second kappa shape index (κ2) is 3.51. The third-order valence-corrected chi connectivity index (χ3v) is 4.40. The summed E-state index contributed by atoms with van der Waals surface area (Å²) in [7, 11) is -3.58. The minimum atomic E-state index is -3.58. The van der Waals surface area contributed by atoms with Gasteiger partial charge in [-0.15, -0.1) is 0 Å². The number of likely N-dealkylation sites (N-methyl/N-ethyl adjacent to an activating group) is 1. The monoisotopic (exact) mass is 220 g/mol. The lowest BCUT2D eigenvalue weighted by Gasteiger charge is -2.21. The highest BCUT2D eigenvalue weighted by molar-refractivity contribution is 7.88. The van der Waals surface area contributed by atoms with E-state index in [4.69, 9.17) is 0 Å². The maximum Gasteiger partial charge on any atom is 0.304 e. The summed E-state index contributed by atoms with van der Waals surface area (Å²) in [5.41, 5.74) is -0.908. The fraction of sp³-hybridized carbons (Fsp3) is 0.875. The number of carbonyl (C=O) groups is 1. The van der Waals surface area contributed by atoms with Gasteiger partial charge in [0.1, 0.15) is 5.54 Å². The molecule has 1 fully saturated rings. The Hall–Kier alpha value is -0.620. The van der Waals surface area contributed by atoms with Crippen LogP contribution in [-0.4, -0.2) is 30.7 Å². The van der Waals surface area contributed by atoms with E-state index in [-0.39, 0.29) is 12.5 Å². The summed E-state index contributed by atoms with van der Waals surface area (Å²) in [5.74, 6) is -0.329. The minimum absolute atomic E-state index is 0.190. The Balaban J connectivity index is 3.16. The molecule has 1 rings (SSSR count). The molecule has 1 aliphatic heterocycles. The predicted molar refractivity (Wildman–Crippen MR) is 52.8 cm³/mol. The van der Waals surface area contributed by atoms with E-state index in [9.17, 15) is 13.2 Å². The molecule has 1 amide bonds. The van der Waals surface area contributed by atoms with E-state index in [2.05, 4.69) is 4.72 Å². The largest absolute Gasteiger partial charge is 0.304 e. The summed E-state index contributed by atoms with van der Waals surface area (Å²) < 4.78 is 26.4. The van der Waals surface area contributed by atoms with Crippen molar-refractivity contribution < 1.29 is 13.2 Å². The Morgan fingerprint density at radius 3 is 2.00 bits per heavy atom. The van der Waals surface area contributed by atoms with Gasteiger partial charge in [-0.05, 0) is 19.8 Å². The topological polar surface area (TPSA) is 66.5 Å². The zero-order chi connectivity index (χ0) is 11.0. The average Bonchev–Trinajstić information content (AvgIpc) is 2.33. The predicted octanol–water partition coefficient (Wildman–Crippen LogP) is 0.242. The molecule has 0 aliphatic carbocycles. The SMILES string of the molecule is CCN1C(=O)C(CC)(CC)NS1(=O)=O. The molecule has 0 unspecified atom stereocenters. The standard InChI is InChI=1S/C8H16N2O3S/c1-4-8(5-2)7(11)10(6-3)14(12,13)9-8/h9H,4-6H2,1-3H3. The van der Waals surface area contributed by atoms with E-state index in [1.165, 1.54) is 0 Å². The normalized spacial score (nSPS) is 24.2. The van der Waals surface area contributed by atoms with Gasteiger partial charge in [-0.2, -0.15) is 13.1 Å². The lowest BCUT2D eigenvalue weighted by Crippen LogP contribution is -2.45. The number of rotatable bonds is 3. The van der Waals surface area contributed by atoms with Crippen LogP contribution in [-0.2, 0) is 15.0 Å². The van der Waals surface area contributed by atoms with Crippen molar-refractivity contribution in [2.24, 2.45) is 0 Å². The molecular formula is C8H16N2O3S. The summed E-state index contributed by atoms with van der Waals surface area (Å²) >= 11 is 0. The van der Waals surface area contributed by atoms with E-state index < -0.39 is 15.7 Å². The summed E-state index contributed by atoms with van der Waals surface area (Å²) in [6.45, 7) is 5.46. The van der Waals surface area contributed by atoms with Crippen molar-refractivity contribution >= 4 is 16.1 Å². The van der Waals surface area contributed by atoms with Crippen LogP contribution in [0.4, 0.5) is 0 Å². The molecule has 0 aromatic rings. The van der Waals surface area contributed by atoms with Crippen LogP contribution in [0.2, 0.25) is 0 Å². The van der Waals surface area contributed by atoms with E-state index in [0.717, 1.165) is 4.31 Å². The number of hydrogen-bond acceptors (Lipinski definition) is 3. The van der Waals surface area contributed by atoms with E-state index in [1.54, 1.807) is 6.92 Å². The van der Waals surface area contributed by atoms with Crippen molar-refractivity contribution in [3.63, 3.8) is 0 Å². The number of carbonyl (C=O) groups excluding carboxylic acids is 1. The van der Waals surface area contributed by atoms with E-state index >= 15 is 0 Å². The van der Waals surface area contributed by atoms with Gasteiger partial charge >= 0.3 is 10.2 Å². The Morgan fingerprint density at radius 2 is 1.79 bits per heavy atom. The first-order chi connectivity index (χ1) is 6.43. The highest BCUT2D eigenvalue weighted by atomic mass is 32.2. The molecule has 6 heteroatoms. The summed E-state index contributed by atoms with van der Waals surface area (Å²) in [4.78, 5) is 11.8. The average molecular weight is 220 g/mol. The zero-order valence-electron chi connectivity index (χ0n) is 8.70. The van der Waals surface area contributed by atoms with Gasteiger partial charge in [-0.1, -0.05) is 13.8 Å². The van der Waals surface area contributed by atoms with Gasteiger partial charge in [0.05, 0.1) is 0 Å². The van der Waals surface area contributed by atoms with Crippen molar-refractivity contribution in [1.29, 1.82) is 0 Å². The van der Waals surface area contributed by atoms with Gasteiger partial charge in [0, 0.05) is 6.54 Å². The smallest absolute Gasteiger partial charge is 0.272 e. The Labute approximate surface area is 84.7 Å². The van der Waals surface area contributed by atoms with Gasteiger partial charge in [0.2, 0.25) is 0 Å². The van der Waals surface area contributed by atoms with Crippen LogP contribution in [0.15, 0.2) is 0 Å². The lowest BCUT2D eigenvalue weighted by atomic mass is 9.93. The van der Waals surface area contributed by atoms with Crippen molar-refractivity contribution in [1.82, 2.24) is 9.03 Å². The molecule has 0 bridgehead atoms. The Kier molecular flexibility index (Phi) is 2.87. The summed E-state index contributed by atoms with van der Waals surface area (Å²) in [5, 5.41) is 0. The molecule has 0 aromatic heterocycles. The van der Waals surface area contributed by atoms with Gasteiger partial charge in [0.25, 0.3) is 5.91 Å². The van der Waals surface area contributed by atoms with Gasteiger partial charge < -0.3 is 0 Å². The molecule has 82 valence electrons. The molecule has 1 N–H and O–H groups in total. The first-order valence-electron chi connectivity index (χ1n) is 4.79. The molecule has 14 heavy (non-hydrogen) atoms. The van der Waals surface area contributed by atoms with Crippen molar-refractivity contribution in [2.75, 3.05) is 6.54 Å². The second-order valence-corrected chi connectivity index (χ2v) is 4.96. The van der Waals surface area contributed by atoms with Crippen LogP contribution in [0.1, 0.15) is 33.6 Å². The lowest BCUT2D eigenvalue weighted by molar-refractivity contribution is -0.130. The number of hydrogen-bond donors (Lipinski definition) is 1. The zero-order valence-corrected chi connectivity index (χ0v) is 9.52. The van der Waals surface area contributed by atoms with Crippen LogP contribution in [0, 0.1) is 0 Å². The molecule has 1 aliphatic rings. The van der Waals surface area contributed by atoms with E-state index in [0.29, 0.717) is 12.8 Å². The molecule has 0 spiro atoms. The van der Waals surface area contributed by atoms with Crippen molar-refractivity contribution in [2.45, 2.75) is 39.2 Å². The van der Waals surface area contributed by atoms with Crippen LogP contribution >= 0.6 is 0 Å². The first kappa shape index (κ1) is 11.5. The molecule has 0 aromatic carbocycles. The fourth-order valence-electron chi connectivity index (χ4n) is 1.70. The highest BCUT2D eigenvalue weighted by Gasteiger charge is 2.51. The van der Waals surface area contributed by atoms with Crippen LogP contribution in [0.25, 0.3) is 0 Å². The van der Waals surface area contributed by atoms with Crippen molar-refractivity contribution in [3.05, 3.63) is 0 Å². The highest BCUT2D eigenvalue weighted by Crippen LogP contribution is 2.27.